The van der Waals surface area contributed by atoms with E-state index in [1.165, 1.54) is 0 Å². The molecule has 0 radical (unpaired) electrons. The third kappa shape index (κ3) is 3.75. The Labute approximate surface area is 147 Å². The molecule has 1 fully saturated rings. The molecule has 1 atom stereocenters. The van der Waals surface area contributed by atoms with Crippen molar-refractivity contribution in [2.75, 3.05) is 30.3 Å². The minimum absolute atomic E-state index is 0.0685. The molecule has 7 nitrogen and oxygen atoms in total. The zero-order valence-electron chi connectivity index (χ0n) is 15.2. The van der Waals surface area contributed by atoms with Crippen LogP contribution in [0.4, 0.5) is 16.4 Å². The predicted molar refractivity (Wildman–Crippen MR) is 98.6 cm³/mol. The average Bonchev–Trinajstić information content (AvgIpc) is 2.53. The molecular formula is C18H25N5O2. The highest BCUT2D eigenvalue weighted by atomic mass is 16.6. The molecule has 3 rings (SSSR count). The van der Waals surface area contributed by atoms with E-state index in [4.69, 9.17) is 10.5 Å². The van der Waals surface area contributed by atoms with Gasteiger partial charge < -0.3 is 20.3 Å². The molecule has 134 valence electrons. The van der Waals surface area contributed by atoms with E-state index in [1.54, 1.807) is 4.90 Å². The summed E-state index contributed by atoms with van der Waals surface area (Å²) in [5.41, 5.74) is 7.24. The molecule has 0 saturated carbocycles. The van der Waals surface area contributed by atoms with Gasteiger partial charge in [-0.3, -0.25) is 0 Å². The normalized spacial score (nSPS) is 18.5. The number of carbonyl (C=O) groups excluding carboxylic acids is 1. The van der Waals surface area contributed by atoms with Gasteiger partial charge >= 0.3 is 6.09 Å². The maximum Gasteiger partial charge on any atom is 0.410 e. The Hall–Kier alpha value is -2.57. The van der Waals surface area contributed by atoms with Gasteiger partial charge in [-0.05, 0) is 39.8 Å². The van der Waals surface area contributed by atoms with Gasteiger partial charge in [-0.1, -0.05) is 12.1 Å². The lowest BCUT2D eigenvalue weighted by molar-refractivity contribution is 0.0218. The molecule has 1 aromatic carbocycles. The van der Waals surface area contributed by atoms with Crippen LogP contribution in [0.1, 0.15) is 27.7 Å². The van der Waals surface area contributed by atoms with E-state index in [2.05, 4.69) is 14.9 Å². The number of aromatic nitrogens is 2. The van der Waals surface area contributed by atoms with Crippen LogP contribution in [0.25, 0.3) is 11.0 Å². The quantitative estimate of drug-likeness (QED) is 0.857. The van der Waals surface area contributed by atoms with Gasteiger partial charge in [0.25, 0.3) is 0 Å². The fraction of sp³-hybridized carbons (Fsp3) is 0.500. The molecule has 1 saturated heterocycles. The Kier molecular flexibility index (Phi) is 4.41. The number of nitrogens with zero attached hydrogens (tertiary/aromatic N) is 4. The fourth-order valence-corrected chi connectivity index (χ4v) is 2.98. The van der Waals surface area contributed by atoms with Crippen molar-refractivity contribution in [3.05, 3.63) is 24.3 Å². The first-order valence-electron chi connectivity index (χ1n) is 8.51. The maximum atomic E-state index is 12.3. The van der Waals surface area contributed by atoms with Crippen LogP contribution in [0.3, 0.4) is 0 Å². The Morgan fingerprint density at radius 3 is 2.44 bits per heavy atom. The van der Waals surface area contributed by atoms with Crippen molar-refractivity contribution in [1.29, 1.82) is 0 Å². The highest BCUT2D eigenvalue weighted by Crippen LogP contribution is 2.26. The van der Waals surface area contributed by atoms with E-state index in [9.17, 15) is 4.79 Å². The summed E-state index contributed by atoms with van der Waals surface area (Å²) in [4.78, 5) is 25.3. The van der Waals surface area contributed by atoms with Crippen molar-refractivity contribution >= 4 is 28.8 Å². The second kappa shape index (κ2) is 6.38. The Morgan fingerprint density at radius 1 is 1.20 bits per heavy atom. The molecular weight excluding hydrogens is 318 g/mol. The number of hydrogen-bond donors (Lipinski definition) is 1. The first-order valence-corrected chi connectivity index (χ1v) is 8.51. The van der Waals surface area contributed by atoms with Crippen molar-refractivity contribution in [2.24, 2.45) is 0 Å². The summed E-state index contributed by atoms with van der Waals surface area (Å²) in [6.07, 6.45) is -0.281. The summed E-state index contributed by atoms with van der Waals surface area (Å²) in [7, 11) is 0. The second-order valence-electron chi connectivity index (χ2n) is 7.39. The van der Waals surface area contributed by atoms with E-state index in [-0.39, 0.29) is 12.1 Å². The summed E-state index contributed by atoms with van der Waals surface area (Å²) >= 11 is 0. The molecule has 0 unspecified atom stereocenters. The number of amides is 1. The minimum atomic E-state index is -0.494. The zero-order chi connectivity index (χ0) is 18.2. The van der Waals surface area contributed by atoms with Crippen LogP contribution in [-0.2, 0) is 4.74 Å². The van der Waals surface area contributed by atoms with Gasteiger partial charge in [-0.15, -0.1) is 0 Å². The van der Waals surface area contributed by atoms with Crippen LogP contribution in [0.2, 0.25) is 0 Å². The van der Waals surface area contributed by atoms with E-state index >= 15 is 0 Å². The van der Waals surface area contributed by atoms with Gasteiger partial charge in [0.1, 0.15) is 5.60 Å². The molecule has 7 heteroatoms. The summed E-state index contributed by atoms with van der Waals surface area (Å²) in [6, 6.07) is 7.73. The number of hydrogen-bond acceptors (Lipinski definition) is 6. The van der Waals surface area contributed by atoms with E-state index in [0.717, 1.165) is 11.0 Å². The number of para-hydroxylation sites is 2. The number of carbonyl (C=O) groups is 1. The number of fused-ring (bicyclic) bond motifs is 1. The van der Waals surface area contributed by atoms with Crippen molar-refractivity contribution < 1.29 is 9.53 Å². The largest absolute Gasteiger partial charge is 0.444 e. The lowest BCUT2D eigenvalue weighted by atomic mass is 10.2. The highest BCUT2D eigenvalue weighted by molar-refractivity contribution is 5.80. The highest BCUT2D eigenvalue weighted by Gasteiger charge is 2.31. The van der Waals surface area contributed by atoms with E-state index in [0.29, 0.717) is 31.3 Å². The average molecular weight is 343 g/mol. The maximum absolute atomic E-state index is 12.3. The number of nitrogen functional groups attached to an aromatic ring is 1. The van der Waals surface area contributed by atoms with Gasteiger partial charge in [0, 0.05) is 25.7 Å². The molecule has 0 spiro atoms. The molecule has 2 heterocycles. The fourth-order valence-electron chi connectivity index (χ4n) is 2.98. The number of anilines is 2. The van der Waals surface area contributed by atoms with Crippen LogP contribution >= 0.6 is 0 Å². The SMILES string of the molecule is C[C@@H]1CN(C(=O)OC(C)(C)C)CCN1c1nc2ccccc2nc1N. The third-order valence-electron chi connectivity index (χ3n) is 4.13. The first-order chi connectivity index (χ1) is 11.7. The van der Waals surface area contributed by atoms with Gasteiger partial charge in [0.05, 0.1) is 11.0 Å². The van der Waals surface area contributed by atoms with Gasteiger partial charge in [-0.2, -0.15) is 0 Å². The van der Waals surface area contributed by atoms with Crippen LogP contribution in [0.5, 0.6) is 0 Å². The van der Waals surface area contributed by atoms with Crippen LogP contribution < -0.4 is 10.6 Å². The number of ether oxygens (including phenoxy) is 1. The molecule has 1 aromatic heterocycles. The van der Waals surface area contributed by atoms with E-state index in [1.807, 2.05) is 52.0 Å². The zero-order valence-corrected chi connectivity index (χ0v) is 15.2. The first kappa shape index (κ1) is 17.3. The van der Waals surface area contributed by atoms with Crippen LogP contribution in [0, 0.1) is 0 Å². The van der Waals surface area contributed by atoms with Crippen molar-refractivity contribution in [2.45, 2.75) is 39.3 Å². The Balaban J connectivity index is 1.78. The van der Waals surface area contributed by atoms with E-state index < -0.39 is 5.60 Å². The number of rotatable bonds is 1. The van der Waals surface area contributed by atoms with Crippen molar-refractivity contribution in [1.82, 2.24) is 14.9 Å². The number of benzene rings is 1. The number of nitrogens with two attached hydrogens (primary N) is 1. The molecule has 25 heavy (non-hydrogen) atoms. The molecule has 1 amide bonds. The minimum Gasteiger partial charge on any atom is -0.444 e. The lowest BCUT2D eigenvalue weighted by Gasteiger charge is -2.40. The van der Waals surface area contributed by atoms with Gasteiger partial charge in [0.2, 0.25) is 0 Å². The van der Waals surface area contributed by atoms with Crippen molar-refractivity contribution in [3.8, 4) is 0 Å². The Morgan fingerprint density at radius 2 is 1.84 bits per heavy atom. The second-order valence-corrected chi connectivity index (χ2v) is 7.39. The van der Waals surface area contributed by atoms with Crippen molar-refractivity contribution in [3.63, 3.8) is 0 Å². The summed E-state index contributed by atoms with van der Waals surface area (Å²) in [5, 5.41) is 0. The van der Waals surface area contributed by atoms with Crippen LogP contribution in [0.15, 0.2) is 24.3 Å². The smallest absolute Gasteiger partial charge is 0.410 e. The summed E-state index contributed by atoms with van der Waals surface area (Å²) in [6.45, 7) is 9.42. The Bertz CT molecular complexity index is 787. The lowest BCUT2D eigenvalue weighted by Crippen LogP contribution is -2.55. The molecule has 2 N–H and O–H groups in total. The van der Waals surface area contributed by atoms with Crippen LogP contribution in [-0.4, -0.2) is 52.2 Å². The summed E-state index contributed by atoms with van der Waals surface area (Å²) < 4.78 is 5.46. The third-order valence-corrected chi connectivity index (χ3v) is 4.13. The molecule has 2 aromatic rings. The number of piperazine rings is 1. The topological polar surface area (TPSA) is 84.6 Å². The predicted octanol–water partition coefficient (Wildman–Crippen LogP) is 2.66. The molecule has 0 bridgehead atoms. The molecule has 1 aliphatic heterocycles. The monoisotopic (exact) mass is 343 g/mol. The summed E-state index contributed by atoms with van der Waals surface area (Å²) in [5.74, 6) is 1.09. The molecule has 0 aliphatic carbocycles. The van der Waals surface area contributed by atoms with Gasteiger partial charge in [-0.25, -0.2) is 14.8 Å². The molecule has 1 aliphatic rings. The van der Waals surface area contributed by atoms with Gasteiger partial charge in [0.15, 0.2) is 11.6 Å². The standard InChI is InChI=1S/C18H25N5O2/c1-12-11-22(17(24)25-18(2,3)4)9-10-23(12)16-15(19)20-13-7-5-6-8-14(13)21-16/h5-8,12H,9-11H2,1-4H3,(H2,19,20)/t12-/m1/s1.